The van der Waals surface area contributed by atoms with Gasteiger partial charge in [-0.2, -0.15) is 0 Å². The Morgan fingerprint density at radius 3 is 2.39 bits per heavy atom. The smallest absolute Gasteiger partial charge is 0.169 e. The van der Waals surface area contributed by atoms with Crippen LogP contribution in [0, 0.1) is 0 Å². The average Bonchev–Trinajstić information content (AvgIpc) is 2.91. The first kappa shape index (κ1) is 15.0. The van der Waals surface area contributed by atoms with Crippen molar-refractivity contribution in [2.45, 2.75) is 56.8 Å². The van der Waals surface area contributed by atoms with Crippen molar-refractivity contribution in [1.82, 2.24) is 0 Å². The van der Waals surface area contributed by atoms with E-state index in [0.717, 1.165) is 26.0 Å². The Kier molecular flexibility index (Phi) is 4.95. The van der Waals surface area contributed by atoms with Crippen molar-refractivity contribution in [2.24, 2.45) is 0 Å². The molecular formula is C14H26INO2. The van der Waals surface area contributed by atoms with Gasteiger partial charge in [-0.3, -0.25) is 0 Å². The van der Waals surface area contributed by atoms with Gasteiger partial charge in [0.15, 0.2) is 5.79 Å². The quantitative estimate of drug-likeness (QED) is 0.475. The zero-order valence-electron chi connectivity index (χ0n) is 11.5. The van der Waals surface area contributed by atoms with Gasteiger partial charge in [-0.05, 0) is 32.1 Å². The lowest BCUT2D eigenvalue weighted by Gasteiger charge is -2.39. The molecule has 1 unspecified atom stereocenters. The lowest BCUT2D eigenvalue weighted by molar-refractivity contribution is -0.916. The maximum Gasteiger partial charge on any atom is 0.169 e. The van der Waals surface area contributed by atoms with Gasteiger partial charge in [0.05, 0.1) is 26.7 Å². The van der Waals surface area contributed by atoms with Crippen LogP contribution in [0.3, 0.4) is 0 Å². The topological polar surface area (TPSA) is 18.5 Å². The van der Waals surface area contributed by atoms with Crippen LogP contribution in [-0.2, 0) is 9.47 Å². The first-order chi connectivity index (χ1) is 8.20. The van der Waals surface area contributed by atoms with Gasteiger partial charge in [0.1, 0.15) is 12.6 Å². The maximum atomic E-state index is 6.24. The standard InChI is InChI=1S/C14H26NO2.HI/c1-15(9-5-2-6-10-15)11-13-12-16-14(17-13)7-3-4-8-14;/h13H,2-12H2,1H3;1H/q+1;/p-1. The molecular weight excluding hydrogens is 341 g/mol. The van der Waals surface area contributed by atoms with Crippen molar-refractivity contribution in [3.05, 3.63) is 0 Å². The summed E-state index contributed by atoms with van der Waals surface area (Å²) in [6, 6.07) is 0. The molecule has 1 spiro atoms. The van der Waals surface area contributed by atoms with E-state index in [1.165, 1.54) is 49.7 Å². The summed E-state index contributed by atoms with van der Waals surface area (Å²) < 4.78 is 13.4. The molecule has 3 rings (SSSR count). The Bertz CT molecular complexity index is 273. The fourth-order valence-corrected chi connectivity index (χ4v) is 3.83. The Balaban J connectivity index is 0.00000120. The van der Waals surface area contributed by atoms with Crippen molar-refractivity contribution in [3.63, 3.8) is 0 Å². The van der Waals surface area contributed by atoms with E-state index in [9.17, 15) is 0 Å². The first-order valence-electron chi connectivity index (χ1n) is 7.35. The number of likely N-dealkylation sites (tertiary alicyclic amines) is 1. The first-order valence-corrected chi connectivity index (χ1v) is 7.35. The summed E-state index contributed by atoms with van der Waals surface area (Å²) in [4.78, 5) is 0. The highest BCUT2D eigenvalue weighted by atomic mass is 127. The van der Waals surface area contributed by atoms with Crippen LogP contribution in [0.5, 0.6) is 0 Å². The number of halogens is 1. The molecule has 1 aliphatic carbocycles. The minimum atomic E-state index is -0.167. The van der Waals surface area contributed by atoms with E-state index in [1.54, 1.807) is 0 Å². The van der Waals surface area contributed by atoms with Gasteiger partial charge in [0.25, 0.3) is 0 Å². The summed E-state index contributed by atoms with van der Waals surface area (Å²) >= 11 is 0. The summed E-state index contributed by atoms with van der Waals surface area (Å²) in [5.41, 5.74) is 0. The van der Waals surface area contributed by atoms with E-state index in [-0.39, 0.29) is 29.8 Å². The van der Waals surface area contributed by atoms with Gasteiger partial charge >= 0.3 is 0 Å². The predicted octanol–water partition coefficient (Wildman–Crippen LogP) is -0.693. The van der Waals surface area contributed by atoms with E-state index >= 15 is 0 Å². The molecule has 0 N–H and O–H groups in total. The van der Waals surface area contributed by atoms with E-state index in [2.05, 4.69) is 7.05 Å². The largest absolute Gasteiger partial charge is 1.00 e. The number of nitrogens with zero attached hydrogens (tertiary/aromatic N) is 1. The zero-order chi connectivity index (χ0) is 11.8. The molecule has 3 nitrogen and oxygen atoms in total. The SMILES string of the molecule is C[N+]1(CC2COC3(CCCC3)O2)CCCCC1.[I-]. The third-order valence-electron chi connectivity index (χ3n) is 4.82. The molecule has 0 bridgehead atoms. The number of rotatable bonds is 2. The van der Waals surface area contributed by atoms with Crippen LogP contribution in [0.25, 0.3) is 0 Å². The van der Waals surface area contributed by atoms with E-state index < -0.39 is 0 Å². The summed E-state index contributed by atoms with van der Waals surface area (Å²) in [7, 11) is 2.39. The summed E-state index contributed by atoms with van der Waals surface area (Å²) in [6.45, 7) is 4.63. The van der Waals surface area contributed by atoms with E-state index in [1.807, 2.05) is 0 Å². The number of ether oxygens (including phenoxy) is 2. The van der Waals surface area contributed by atoms with Gasteiger partial charge in [-0.25, -0.2) is 0 Å². The third-order valence-corrected chi connectivity index (χ3v) is 4.82. The molecule has 4 heteroatoms. The highest BCUT2D eigenvalue weighted by Gasteiger charge is 2.45. The molecule has 1 saturated carbocycles. The molecule has 1 atom stereocenters. The second kappa shape index (κ2) is 5.94. The maximum absolute atomic E-state index is 6.24. The van der Waals surface area contributed by atoms with Crippen LogP contribution < -0.4 is 24.0 Å². The Labute approximate surface area is 128 Å². The number of likely N-dealkylation sites (N-methyl/N-ethyl adjacent to an activating group) is 1. The number of hydrogen-bond donors (Lipinski definition) is 0. The number of piperidine rings is 1. The van der Waals surface area contributed by atoms with Crippen molar-refractivity contribution in [1.29, 1.82) is 0 Å². The van der Waals surface area contributed by atoms with Crippen molar-refractivity contribution >= 4 is 0 Å². The van der Waals surface area contributed by atoms with Gasteiger partial charge in [0, 0.05) is 12.8 Å². The van der Waals surface area contributed by atoms with Crippen LogP contribution in [0.1, 0.15) is 44.9 Å². The van der Waals surface area contributed by atoms with Crippen LogP contribution in [0.4, 0.5) is 0 Å². The number of quaternary nitrogens is 1. The lowest BCUT2D eigenvalue weighted by Crippen LogP contribution is -3.00. The highest BCUT2D eigenvalue weighted by Crippen LogP contribution is 2.39. The minimum absolute atomic E-state index is 0. The predicted molar refractivity (Wildman–Crippen MR) is 66.7 cm³/mol. The fourth-order valence-electron chi connectivity index (χ4n) is 3.83. The third kappa shape index (κ3) is 3.19. The summed E-state index contributed by atoms with van der Waals surface area (Å²) in [5, 5.41) is 0. The van der Waals surface area contributed by atoms with Crippen molar-refractivity contribution in [2.75, 3.05) is 33.3 Å². The minimum Gasteiger partial charge on any atom is -1.00 e. The molecule has 2 heterocycles. The summed E-state index contributed by atoms with van der Waals surface area (Å²) in [6.07, 6.45) is 9.32. The molecule has 0 amide bonds. The van der Waals surface area contributed by atoms with Crippen LogP contribution in [0.15, 0.2) is 0 Å². The number of hydrogen-bond acceptors (Lipinski definition) is 2. The van der Waals surface area contributed by atoms with Gasteiger partial charge in [0.2, 0.25) is 0 Å². The molecule has 2 aliphatic heterocycles. The Hall–Kier alpha value is 0.610. The second-order valence-corrected chi connectivity index (χ2v) is 6.48. The molecule has 3 aliphatic rings. The second-order valence-electron chi connectivity index (χ2n) is 6.48. The Morgan fingerprint density at radius 2 is 1.72 bits per heavy atom. The van der Waals surface area contributed by atoms with Crippen molar-refractivity contribution < 1.29 is 37.9 Å². The fraction of sp³-hybridized carbons (Fsp3) is 1.00. The van der Waals surface area contributed by atoms with Gasteiger partial charge < -0.3 is 37.9 Å². The van der Waals surface area contributed by atoms with E-state index in [0.29, 0.717) is 6.10 Å². The Morgan fingerprint density at radius 1 is 1.06 bits per heavy atom. The normalized spacial score (nSPS) is 33.5. The highest BCUT2D eigenvalue weighted by molar-refractivity contribution is 4.84. The van der Waals surface area contributed by atoms with Gasteiger partial charge in [-0.15, -0.1) is 0 Å². The molecule has 0 aromatic carbocycles. The summed E-state index contributed by atoms with van der Waals surface area (Å²) in [5.74, 6) is -0.167. The zero-order valence-corrected chi connectivity index (χ0v) is 13.7. The monoisotopic (exact) mass is 367 g/mol. The molecule has 3 fully saturated rings. The molecule has 0 radical (unpaired) electrons. The lowest BCUT2D eigenvalue weighted by atomic mass is 10.1. The molecule has 2 saturated heterocycles. The van der Waals surface area contributed by atoms with E-state index in [4.69, 9.17) is 9.47 Å². The average molecular weight is 367 g/mol. The molecule has 0 aromatic heterocycles. The van der Waals surface area contributed by atoms with Gasteiger partial charge in [-0.1, -0.05) is 0 Å². The molecule has 0 aromatic rings. The molecule has 18 heavy (non-hydrogen) atoms. The van der Waals surface area contributed by atoms with Crippen LogP contribution in [-0.4, -0.2) is 49.7 Å². The van der Waals surface area contributed by atoms with Crippen LogP contribution in [0.2, 0.25) is 0 Å². The molecule has 106 valence electrons. The van der Waals surface area contributed by atoms with Crippen LogP contribution >= 0.6 is 0 Å². The van der Waals surface area contributed by atoms with Crippen molar-refractivity contribution in [3.8, 4) is 0 Å².